The van der Waals surface area contributed by atoms with Gasteiger partial charge in [-0.15, -0.1) is 0 Å². The van der Waals surface area contributed by atoms with E-state index in [0.29, 0.717) is 0 Å². The number of carbonyl (C=O) groups is 1. The van der Waals surface area contributed by atoms with Crippen molar-refractivity contribution in [2.75, 3.05) is 0 Å². The van der Waals surface area contributed by atoms with Crippen molar-refractivity contribution in [2.24, 2.45) is 5.73 Å². The van der Waals surface area contributed by atoms with Gasteiger partial charge in [0.15, 0.2) is 0 Å². The van der Waals surface area contributed by atoms with E-state index in [2.05, 4.69) is 4.98 Å². The van der Waals surface area contributed by atoms with Crippen molar-refractivity contribution in [1.82, 2.24) is 4.98 Å². The molecule has 2 N–H and O–H groups in total. The molecule has 1 aromatic carbocycles. The highest BCUT2D eigenvalue weighted by Crippen LogP contribution is 2.15. The molecule has 2 rings (SSSR count). The summed E-state index contributed by atoms with van der Waals surface area (Å²) in [5.74, 6) is -0.440. The van der Waals surface area contributed by atoms with E-state index >= 15 is 0 Å². The van der Waals surface area contributed by atoms with Crippen molar-refractivity contribution in [3.05, 3.63) is 48.3 Å². The van der Waals surface area contributed by atoms with Crippen LogP contribution in [-0.2, 0) is 4.79 Å². The summed E-state index contributed by atoms with van der Waals surface area (Å²) < 4.78 is 0. The van der Waals surface area contributed by atoms with E-state index in [-0.39, 0.29) is 0 Å². The first-order valence-corrected chi connectivity index (χ1v) is 4.57. The van der Waals surface area contributed by atoms with Crippen LogP contribution in [0.1, 0.15) is 5.56 Å². The number of fused-ring (bicyclic) bond motifs is 1. The Balaban J connectivity index is 2.43. The number of amides is 1. The Labute approximate surface area is 87.2 Å². The first kappa shape index (κ1) is 9.40. The quantitative estimate of drug-likeness (QED) is 0.747. The van der Waals surface area contributed by atoms with Gasteiger partial charge in [0.1, 0.15) is 0 Å². The molecule has 0 aliphatic carbocycles. The number of hydrogen-bond donors (Lipinski definition) is 1. The molecule has 0 bridgehead atoms. The van der Waals surface area contributed by atoms with Crippen molar-refractivity contribution in [2.45, 2.75) is 0 Å². The predicted molar refractivity (Wildman–Crippen MR) is 60.0 cm³/mol. The van der Waals surface area contributed by atoms with Gasteiger partial charge in [-0.25, -0.2) is 0 Å². The Morgan fingerprint density at radius 2 is 2.13 bits per heavy atom. The second kappa shape index (κ2) is 3.92. The Hall–Kier alpha value is -2.16. The summed E-state index contributed by atoms with van der Waals surface area (Å²) in [7, 11) is 0. The van der Waals surface area contributed by atoms with E-state index in [1.807, 2.05) is 24.3 Å². The van der Waals surface area contributed by atoms with Gasteiger partial charge in [0.05, 0.1) is 0 Å². The number of nitrogens with two attached hydrogens (primary N) is 1. The van der Waals surface area contributed by atoms with Gasteiger partial charge in [0, 0.05) is 23.9 Å². The molecule has 0 aliphatic heterocycles. The minimum Gasteiger partial charge on any atom is -0.366 e. The van der Waals surface area contributed by atoms with Crippen LogP contribution in [0.15, 0.2) is 42.7 Å². The Bertz CT molecular complexity index is 532. The van der Waals surface area contributed by atoms with Crippen molar-refractivity contribution < 1.29 is 4.79 Å². The molecule has 0 unspecified atom stereocenters. The van der Waals surface area contributed by atoms with Gasteiger partial charge in [-0.1, -0.05) is 12.1 Å². The fourth-order valence-corrected chi connectivity index (χ4v) is 1.38. The predicted octanol–water partition coefficient (Wildman–Crippen LogP) is 1.73. The smallest absolute Gasteiger partial charge is 0.241 e. The van der Waals surface area contributed by atoms with Gasteiger partial charge in [-0.05, 0) is 29.2 Å². The standard InChI is InChI=1S/C12H10N2O/c13-12(15)4-2-9-1-3-11-8-14-6-5-10(11)7-9/h1-8H,(H2,13,15)/b4-2+. The molecule has 74 valence electrons. The third kappa shape index (κ3) is 2.20. The fourth-order valence-electron chi connectivity index (χ4n) is 1.38. The topological polar surface area (TPSA) is 56.0 Å². The zero-order valence-electron chi connectivity index (χ0n) is 8.05. The molecule has 0 saturated heterocycles. The van der Waals surface area contributed by atoms with Crippen LogP contribution < -0.4 is 5.73 Å². The van der Waals surface area contributed by atoms with Crippen molar-refractivity contribution in [1.29, 1.82) is 0 Å². The number of benzene rings is 1. The fraction of sp³-hybridized carbons (Fsp3) is 0. The molecular formula is C12H10N2O. The number of pyridine rings is 1. The van der Waals surface area contributed by atoms with Crippen LogP contribution >= 0.6 is 0 Å². The molecule has 3 nitrogen and oxygen atoms in total. The summed E-state index contributed by atoms with van der Waals surface area (Å²) in [5, 5.41) is 2.17. The average molecular weight is 198 g/mol. The van der Waals surface area contributed by atoms with Gasteiger partial charge in [-0.2, -0.15) is 0 Å². The zero-order valence-corrected chi connectivity index (χ0v) is 8.05. The van der Waals surface area contributed by atoms with Crippen LogP contribution in [0.2, 0.25) is 0 Å². The van der Waals surface area contributed by atoms with E-state index in [1.54, 1.807) is 18.5 Å². The minimum atomic E-state index is -0.440. The largest absolute Gasteiger partial charge is 0.366 e. The van der Waals surface area contributed by atoms with Crippen LogP contribution in [0, 0.1) is 0 Å². The number of hydrogen-bond acceptors (Lipinski definition) is 2. The summed E-state index contributed by atoms with van der Waals surface area (Å²) in [6, 6.07) is 7.79. The summed E-state index contributed by atoms with van der Waals surface area (Å²) in [6.45, 7) is 0. The van der Waals surface area contributed by atoms with E-state index in [0.717, 1.165) is 16.3 Å². The van der Waals surface area contributed by atoms with E-state index in [1.165, 1.54) is 6.08 Å². The first-order chi connectivity index (χ1) is 7.25. The molecule has 0 fully saturated rings. The molecule has 2 aromatic rings. The summed E-state index contributed by atoms with van der Waals surface area (Å²) >= 11 is 0. The second-order valence-corrected chi connectivity index (χ2v) is 3.22. The number of nitrogens with zero attached hydrogens (tertiary/aromatic N) is 1. The molecule has 15 heavy (non-hydrogen) atoms. The highest BCUT2D eigenvalue weighted by Gasteiger charge is 1.93. The van der Waals surface area contributed by atoms with Crippen molar-refractivity contribution in [3.8, 4) is 0 Å². The third-order valence-electron chi connectivity index (χ3n) is 2.10. The molecule has 1 aromatic heterocycles. The lowest BCUT2D eigenvalue weighted by atomic mass is 10.1. The van der Waals surface area contributed by atoms with Crippen LogP contribution in [0.25, 0.3) is 16.8 Å². The lowest BCUT2D eigenvalue weighted by Crippen LogP contribution is -2.04. The molecule has 0 radical (unpaired) electrons. The van der Waals surface area contributed by atoms with Crippen molar-refractivity contribution >= 4 is 22.8 Å². The van der Waals surface area contributed by atoms with Crippen LogP contribution in [0.4, 0.5) is 0 Å². The number of primary amides is 1. The second-order valence-electron chi connectivity index (χ2n) is 3.22. The number of aromatic nitrogens is 1. The molecule has 1 heterocycles. The summed E-state index contributed by atoms with van der Waals surface area (Å²) in [4.78, 5) is 14.6. The van der Waals surface area contributed by atoms with Crippen LogP contribution in [0.5, 0.6) is 0 Å². The Morgan fingerprint density at radius 3 is 2.93 bits per heavy atom. The average Bonchev–Trinajstić information content (AvgIpc) is 2.26. The monoisotopic (exact) mass is 198 g/mol. The molecular weight excluding hydrogens is 188 g/mol. The maximum atomic E-state index is 10.6. The van der Waals surface area contributed by atoms with Gasteiger partial charge < -0.3 is 5.73 Å². The highest BCUT2D eigenvalue weighted by atomic mass is 16.1. The van der Waals surface area contributed by atoms with Crippen LogP contribution in [0.3, 0.4) is 0 Å². The Morgan fingerprint density at radius 1 is 1.27 bits per heavy atom. The van der Waals surface area contributed by atoms with E-state index in [9.17, 15) is 4.79 Å². The summed E-state index contributed by atoms with van der Waals surface area (Å²) in [6.07, 6.45) is 6.59. The molecule has 1 amide bonds. The normalized spacial score (nSPS) is 10.9. The van der Waals surface area contributed by atoms with E-state index in [4.69, 9.17) is 5.73 Å². The van der Waals surface area contributed by atoms with Gasteiger partial charge in [0.2, 0.25) is 5.91 Å². The highest BCUT2D eigenvalue weighted by molar-refractivity contribution is 5.91. The Kier molecular flexibility index (Phi) is 2.46. The molecule has 0 saturated carbocycles. The van der Waals surface area contributed by atoms with Crippen LogP contribution in [-0.4, -0.2) is 10.9 Å². The molecule has 0 aliphatic rings. The molecule has 0 atom stereocenters. The first-order valence-electron chi connectivity index (χ1n) is 4.57. The number of rotatable bonds is 2. The zero-order chi connectivity index (χ0) is 10.7. The summed E-state index contributed by atoms with van der Waals surface area (Å²) in [5.41, 5.74) is 5.97. The lowest BCUT2D eigenvalue weighted by molar-refractivity contribution is -0.113. The van der Waals surface area contributed by atoms with E-state index < -0.39 is 5.91 Å². The molecule has 0 spiro atoms. The van der Waals surface area contributed by atoms with Gasteiger partial charge in [-0.3, -0.25) is 9.78 Å². The third-order valence-corrected chi connectivity index (χ3v) is 2.10. The lowest BCUT2D eigenvalue weighted by Gasteiger charge is -1.97. The number of carbonyl (C=O) groups excluding carboxylic acids is 1. The van der Waals surface area contributed by atoms with Crippen molar-refractivity contribution in [3.63, 3.8) is 0 Å². The van der Waals surface area contributed by atoms with Gasteiger partial charge in [0.25, 0.3) is 0 Å². The minimum absolute atomic E-state index is 0.440. The maximum Gasteiger partial charge on any atom is 0.241 e. The van der Waals surface area contributed by atoms with Gasteiger partial charge >= 0.3 is 0 Å². The SMILES string of the molecule is NC(=O)/C=C/c1ccc2cnccc2c1. The maximum absolute atomic E-state index is 10.6. The molecule has 3 heteroatoms.